The molecule has 3 unspecified atom stereocenters. The predicted octanol–water partition coefficient (Wildman–Crippen LogP) is 17.1. The maximum Gasteiger partial charge on any atom is 0.478 e. The summed E-state index contributed by atoms with van der Waals surface area (Å²) in [5, 5.41) is 0. The molecule has 0 aromatic carbocycles. The van der Waals surface area contributed by atoms with Gasteiger partial charge in [0.25, 0.3) is 0 Å². The molecule has 0 aliphatic carbocycles. The summed E-state index contributed by atoms with van der Waals surface area (Å²) in [5.74, 6) is 3.05. The second kappa shape index (κ2) is 39.8. The van der Waals surface area contributed by atoms with Crippen molar-refractivity contribution in [2.45, 2.75) is 250 Å². The summed E-state index contributed by atoms with van der Waals surface area (Å²) in [5.41, 5.74) is -0.673. The first kappa shape index (κ1) is 51.2. The van der Waals surface area contributed by atoms with E-state index in [2.05, 4.69) is 20.8 Å². The molecule has 0 aliphatic heterocycles. The molecule has 0 bridgehead atoms. The molecule has 0 radical (unpaired) electrons. The Bertz CT molecular complexity index is 626. The summed E-state index contributed by atoms with van der Waals surface area (Å²) in [7, 11) is -3.70. The molecule has 50 heavy (non-hydrogen) atoms. The van der Waals surface area contributed by atoms with Crippen LogP contribution in [0.4, 0.5) is 0 Å². The molecule has 0 aromatic heterocycles. The zero-order chi connectivity index (χ0) is 36.8. The van der Waals surface area contributed by atoms with Crippen molar-refractivity contribution in [1.82, 2.24) is 0 Å². The van der Waals surface area contributed by atoms with E-state index >= 15 is 0 Å². The quantitative estimate of drug-likeness (QED) is 0.0347. The van der Waals surface area contributed by atoms with Gasteiger partial charge in [0.1, 0.15) is 16.3 Å². The molecular weight excluding hydrogens is 696 g/mol. The first-order valence-electron chi connectivity index (χ1n) is 21.9. The number of thioether (sulfide) groups is 3. The molecule has 4 nitrogen and oxygen atoms in total. The standard InChI is InChI=1S/C42H87O4PS3/c1-7-10-13-16-19-22-25-28-31-34-37-48-40(4)44-47(43,45-41(5)49-38-35-32-29-26-23-20-17-14-11-8-2)46-42(6)50-39-36-33-30-27-24-21-18-15-12-9-3/h40-42H,7-39H2,1-6H3. The van der Waals surface area contributed by atoms with Crippen LogP contribution in [0, 0.1) is 0 Å². The Labute approximate surface area is 327 Å². The number of hydrogen-bond acceptors (Lipinski definition) is 7. The molecule has 0 aliphatic rings. The van der Waals surface area contributed by atoms with Crippen LogP contribution in [0.3, 0.4) is 0 Å². The first-order valence-corrected chi connectivity index (χ1v) is 26.5. The second-order valence-corrected chi connectivity index (χ2v) is 20.4. The highest BCUT2D eigenvalue weighted by molar-refractivity contribution is 8.00. The number of phosphoric ester groups is 1. The third-order valence-electron chi connectivity index (χ3n) is 9.38. The van der Waals surface area contributed by atoms with Gasteiger partial charge < -0.3 is 0 Å². The average molecular weight is 783 g/mol. The van der Waals surface area contributed by atoms with E-state index in [0.29, 0.717) is 0 Å². The van der Waals surface area contributed by atoms with Crippen LogP contribution in [0.1, 0.15) is 234 Å². The van der Waals surface area contributed by atoms with E-state index in [0.717, 1.165) is 17.3 Å². The highest BCUT2D eigenvalue weighted by Gasteiger charge is 2.34. The molecule has 8 heteroatoms. The van der Waals surface area contributed by atoms with Gasteiger partial charge in [0.05, 0.1) is 0 Å². The first-order chi connectivity index (χ1) is 24.4. The van der Waals surface area contributed by atoms with Crippen LogP contribution >= 0.6 is 43.1 Å². The van der Waals surface area contributed by atoms with Crippen LogP contribution in [0.25, 0.3) is 0 Å². The third kappa shape index (κ3) is 37.5. The number of unbranched alkanes of at least 4 members (excludes halogenated alkanes) is 27. The van der Waals surface area contributed by atoms with E-state index < -0.39 is 7.82 Å². The number of hydrogen-bond donors (Lipinski definition) is 0. The van der Waals surface area contributed by atoms with Crippen molar-refractivity contribution in [3.8, 4) is 0 Å². The molecule has 302 valence electrons. The molecule has 3 atom stereocenters. The van der Waals surface area contributed by atoms with Crippen LogP contribution in [-0.4, -0.2) is 33.6 Å². The normalized spacial score (nSPS) is 14.9. The van der Waals surface area contributed by atoms with Crippen molar-refractivity contribution in [2.24, 2.45) is 0 Å². The molecule has 0 rings (SSSR count). The van der Waals surface area contributed by atoms with Crippen LogP contribution in [0.2, 0.25) is 0 Å². The summed E-state index contributed by atoms with van der Waals surface area (Å²) in [6.07, 6.45) is 40.1. The zero-order valence-corrected chi connectivity index (χ0v) is 37.7. The van der Waals surface area contributed by atoms with Crippen LogP contribution < -0.4 is 0 Å². The number of rotatable bonds is 42. The third-order valence-corrected chi connectivity index (χ3v) is 14.8. The Hall–Kier alpha value is 1.16. The van der Waals surface area contributed by atoms with E-state index in [1.807, 2.05) is 20.8 Å². The minimum absolute atomic E-state index is 0.224. The van der Waals surface area contributed by atoms with Gasteiger partial charge >= 0.3 is 7.82 Å². The Balaban J connectivity index is 4.50. The largest absolute Gasteiger partial charge is 0.478 e. The molecule has 0 saturated carbocycles. The Morgan fingerprint density at radius 2 is 0.520 bits per heavy atom. The van der Waals surface area contributed by atoms with Gasteiger partial charge in [0, 0.05) is 0 Å². The van der Waals surface area contributed by atoms with Gasteiger partial charge in [-0.05, 0) is 57.3 Å². The van der Waals surface area contributed by atoms with Crippen molar-refractivity contribution in [3.63, 3.8) is 0 Å². The summed E-state index contributed by atoms with van der Waals surface area (Å²) in [6.45, 7) is 12.9. The highest BCUT2D eigenvalue weighted by atomic mass is 32.2. The summed E-state index contributed by atoms with van der Waals surface area (Å²) < 4.78 is 32.4. The fraction of sp³-hybridized carbons (Fsp3) is 1.00. The molecule has 0 fully saturated rings. The summed E-state index contributed by atoms with van der Waals surface area (Å²) in [6, 6.07) is 0. The van der Waals surface area contributed by atoms with E-state index in [1.165, 1.54) is 193 Å². The smallest absolute Gasteiger partial charge is 0.273 e. The lowest BCUT2D eigenvalue weighted by molar-refractivity contribution is 0.102. The van der Waals surface area contributed by atoms with Gasteiger partial charge in [-0.3, -0.25) is 13.6 Å². The SMILES string of the molecule is CCCCCCCCCCCCSC(C)OP(=O)(OC(C)SCCCCCCCCCCCC)OC(C)SCCCCCCCCCCCC. The van der Waals surface area contributed by atoms with Crippen LogP contribution in [0.15, 0.2) is 0 Å². The van der Waals surface area contributed by atoms with Crippen molar-refractivity contribution < 1.29 is 18.1 Å². The monoisotopic (exact) mass is 783 g/mol. The maximum absolute atomic E-state index is 14.0. The summed E-state index contributed by atoms with van der Waals surface area (Å²) >= 11 is 5.22. The average Bonchev–Trinajstić information content (AvgIpc) is 3.08. The van der Waals surface area contributed by atoms with Gasteiger partial charge in [-0.1, -0.05) is 194 Å². The Morgan fingerprint density at radius 1 is 0.340 bits per heavy atom. The van der Waals surface area contributed by atoms with Crippen molar-refractivity contribution in [1.29, 1.82) is 0 Å². The minimum Gasteiger partial charge on any atom is -0.273 e. The van der Waals surface area contributed by atoms with Crippen LogP contribution in [-0.2, 0) is 18.1 Å². The fourth-order valence-electron chi connectivity index (χ4n) is 6.23. The van der Waals surface area contributed by atoms with Gasteiger partial charge in [-0.25, -0.2) is 4.57 Å². The lowest BCUT2D eigenvalue weighted by Gasteiger charge is -2.26. The maximum atomic E-state index is 14.0. The lowest BCUT2D eigenvalue weighted by Crippen LogP contribution is -2.14. The topological polar surface area (TPSA) is 44.8 Å². The lowest BCUT2D eigenvalue weighted by atomic mass is 10.1. The van der Waals surface area contributed by atoms with Gasteiger partial charge in [-0.2, -0.15) is 0 Å². The zero-order valence-electron chi connectivity index (χ0n) is 34.4. The molecule has 0 aromatic rings. The molecule has 0 saturated heterocycles. The molecule has 0 heterocycles. The van der Waals surface area contributed by atoms with Gasteiger partial charge in [-0.15, -0.1) is 35.3 Å². The van der Waals surface area contributed by atoms with Crippen molar-refractivity contribution in [3.05, 3.63) is 0 Å². The van der Waals surface area contributed by atoms with Gasteiger partial charge in [0.2, 0.25) is 0 Å². The van der Waals surface area contributed by atoms with E-state index in [4.69, 9.17) is 13.6 Å². The number of phosphoric acid groups is 1. The van der Waals surface area contributed by atoms with Crippen molar-refractivity contribution in [2.75, 3.05) is 17.3 Å². The van der Waals surface area contributed by atoms with Crippen molar-refractivity contribution >= 4 is 43.1 Å². The second-order valence-electron chi connectivity index (χ2n) is 14.6. The molecular formula is C42H87O4PS3. The molecule has 0 N–H and O–H groups in total. The van der Waals surface area contributed by atoms with Crippen LogP contribution in [0.5, 0.6) is 0 Å². The van der Waals surface area contributed by atoms with E-state index in [-0.39, 0.29) is 16.3 Å². The Morgan fingerprint density at radius 3 is 0.720 bits per heavy atom. The van der Waals surface area contributed by atoms with E-state index in [1.54, 1.807) is 35.3 Å². The molecule has 0 spiro atoms. The molecule has 0 amide bonds. The summed E-state index contributed by atoms with van der Waals surface area (Å²) in [4.78, 5) is 0. The van der Waals surface area contributed by atoms with Gasteiger partial charge in [0.15, 0.2) is 0 Å². The highest BCUT2D eigenvalue weighted by Crippen LogP contribution is 2.56. The van der Waals surface area contributed by atoms with E-state index in [9.17, 15) is 4.57 Å². The fourth-order valence-corrected chi connectivity index (χ4v) is 11.3. The Kier molecular flexibility index (Phi) is 40.8. The minimum atomic E-state index is -3.70. The predicted molar refractivity (Wildman–Crippen MR) is 232 cm³/mol.